The molecule has 0 bridgehead atoms. The molecular formula is C19H17F2NO. The summed E-state index contributed by atoms with van der Waals surface area (Å²) in [6.07, 6.45) is 0. The summed E-state index contributed by atoms with van der Waals surface area (Å²) in [6, 6.07) is 11.0. The van der Waals surface area contributed by atoms with Gasteiger partial charge in [0.05, 0.1) is 11.1 Å². The summed E-state index contributed by atoms with van der Waals surface area (Å²) in [4.78, 5) is 12.8. The molecule has 0 aliphatic carbocycles. The summed E-state index contributed by atoms with van der Waals surface area (Å²) in [6.45, 7) is 5.44. The van der Waals surface area contributed by atoms with Crippen molar-refractivity contribution in [2.45, 2.75) is 26.8 Å². The van der Waals surface area contributed by atoms with Crippen molar-refractivity contribution in [3.05, 3.63) is 70.0 Å². The van der Waals surface area contributed by atoms with Crippen molar-refractivity contribution in [1.82, 2.24) is 4.57 Å². The quantitative estimate of drug-likeness (QED) is 0.621. The van der Waals surface area contributed by atoms with E-state index >= 15 is 4.39 Å². The highest BCUT2D eigenvalue weighted by atomic mass is 19.1. The van der Waals surface area contributed by atoms with Crippen LogP contribution in [0.25, 0.3) is 22.0 Å². The fourth-order valence-electron chi connectivity index (χ4n) is 2.90. The van der Waals surface area contributed by atoms with Crippen LogP contribution in [0.5, 0.6) is 0 Å². The Morgan fingerprint density at radius 2 is 1.74 bits per heavy atom. The molecule has 0 aliphatic heterocycles. The third-order valence-electron chi connectivity index (χ3n) is 3.96. The summed E-state index contributed by atoms with van der Waals surface area (Å²) in [5, 5.41) is 0.388. The Morgan fingerprint density at radius 3 is 2.43 bits per heavy atom. The number of hydrogen-bond acceptors (Lipinski definition) is 1. The lowest BCUT2D eigenvalue weighted by molar-refractivity contribution is 0.463. The summed E-state index contributed by atoms with van der Waals surface area (Å²) >= 11 is 0. The highest BCUT2D eigenvalue weighted by molar-refractivity contribution is 5.84. The smallest absolute Gasteiger partial charge is 0.206 e. The van der Waals surface area contributed by atoms with Crippen molar-refractivity contribution in [2.24, 2.45) is 0 Å². The van der Waals surface area contributed by atoms with Crippen LogP contribution < -0.4 is 5.43 Å². The van der Waals surface area contributed by atoms with Crippen molar-refractivity contribution in [3.63, 3.8) is 0 Å². The molecule has 2 nitrogen and oxygen atoms in total. The zero-order chi connectivity index (χ0) is 16.7. The van der Waals surface area contributed by atoms with E-state index in [0.29, 0.717) is 10.9 Å². The second-order valence-electron chi connectivity index (χ2n) is 5.96. The first-order valence-electron chi connectivity index (χ1n) is 7.51. The molecule has 0 radical (unpaired) electrons. The van der Waals surface area contributed by atoms with E-state index in [1.807, 2.05) is 13.8 Å². The highest BCUT2D eigenvalue weighted by Crippen LogP contribution is 2.28. The van der Waals surface area contributed by atoms with Gasteiger partial charge in [-0.05, 0) is 45.0 Å². The van der Waals surface area contributed by atoms with E-state index < -0.39 is 17.2 Å². The van der Waals surface area contributed by atoms with Gasteiger partial charge in [0.2, 0.25) is 5.95 Å². The van der Waals surface area contributed by atoms with E-state index in [1.54, 1.807) is 37.3 Å². The number of fused-ring (bicyclic) bond motifs is 1. The number of pyridine rings is 1. The topological polar surface area (TPSA) is 22.0 Å². The number of benzene rings is 2. The van der Waals surface area contributed by atoms with Gasteiger partial charge in [0, 0.05) is 17.0 Å². The third kappa shape index (κ3) is 2.44. The summed E-state index contributed by atoms with van der Waals surface area (Å²) < 4.78 is 30.8. The van der Waals surface area contributed by atoms with Crippen LogP contribution in [0.4, 0.5) is 8.78 Å². The molecular weight excluding hydrogens is 296 g/mol. The molecule has 0 saturated carbocycles. The minimum atomic E-state index is -0.701. The number of hydrogen-bond donors (Lipinski definition) is 0. The van der Waals surface area contributed by atoms with Gasteiger partial charge in [-0.1, -0.05) is 23.8 Å². The average molecular weight is 313 g/mol. The molecule has 0 unspecified atom stereocenters. The average Bonchev–Trinajstić information content (AvgIpc) is 2.50. The Balaban J connectivity index is 2.52. The van der Waals surface area contributed by atoms with Gasteiger partial charge >= 0.3 is 0 Å². The Kier molecular flexibility index (Phi) is 3.76. The first kappa shape index (κ1) is 15.4. The van der Waals surface area contributed by atoms with Gasteiger partial charge in [-0.15, -0.1) is 0 Å². The second kappa shape index (κ2) is 5.61. The lowest BCUT2D eigenvalue weighted by Crippen LogP contribution is -2.19. The van der Waals surface area contributed by atoms with Crippen molar-refractivity contribution in [1.29, 1.82) is 0 Å². The molecule has 0 N–H and O–H groups in total. The van der Waals surface area contributed by atoms with Crippen molar-refractivity contribution < 1.29 is 8.78 Å². The highest BCUT2D eigenvalue weighted by Gasteiger charge is 2.21. The zero-order valence-electron chi connectivity index (χ0n) is 13.2. The minimum absolute atomic E-state index is 0.00709. The molecule has 1 aromatic heterocycles. The first-order valence-corrected chi connectivity index (χ1v) is 7.51. The molecule has 23 heavy (non-hydrogen) atoms. The number of nitrogens with zero attached hydrogens (tertiary/aromatic N) is 1. The molecule has 2 aromatic carbocycles. The lowest BCUT2D eigenvalue weighted by atomic mass is 10.0. The number of para-hydroxylation sites is 1. The molecule has 0 spiro atoms. The fraction of sp³-hybridized carbons (Fsp3) is 0.211. The Bertz CT molecular complexity index is 957. The van der Waals surface area contributed by atoms with Gasteiger partial charge in [-0.25, -0.2) is 4.39 Å². The van der Waals surface area contributed by atoms with Gasteiger partial charge in [0.15, 0.2) is 5.43 Å². The van der Waals surface area contributed by atoms with Gasteiger partial charge in [0.1, 0.15) is 5.82 Å². The Hall–Kier alpha value is -2.49. The first-order chi connectivity index (χ1) is 10.9. The van der Waals surface area contributed by atoms with E-state index in [1.165, 1.54) is 16.7 Å². The maximum atomic E-state index is 15.1. The largest absolute Gasteiger partial charge is 0.314 e. The third-order valence-corrected chi connectivity index (χ3v) is 3.96. The van der Waals surface area contributed by atoms with Gasteiger partial charge in [-0.2, -0.15) is 4.39 Å². The van der Waals surface area contributed by atoms with Crippen molar-refractivity contribution in [3.8, 4) is 11.1 Å². The van der Waals surface area contributed by atoms with Crippen molar-refractivity contribution in [2.75, 3.05) is 0 Å². The van der Waals surface area contributed by atoms with Gasteiger partial charge in [0.25, 0.3) is 0 Å². The van der Waals surface area contributed by atoms with Crippen LogP contribution in [-0.4, -0.2) is 4.57 Å². The second-order valence-corrected chi connectivity index (χ2v) is 5.96. The molecule has 4 heteroatoms. The standard InChI is InChI=1S/C19H17F2NO/c1-11(2)22-16-7-5-4-6-13(16)18(23)17(19(22)21)14-10-12(3)8-9-15(14)20/h4-11H,1-3H3. The van der Waals surface area contributed by atoms with E-state index in [9.17, 15) is 9.18 Å². The zero-order valence-corrected chi connectivity index (χ0v) is 13.2. The molecule has 3 rings (SSSR count). The Morgan fingerprint density at radius 1 is 1.04 bits per heavy atom. The number of aromatic nitrogens is 1. The van der Waals surface area contributed by atoms with Gasteiger partial charge in [-0.3, -0.25) is 4.79 Å². The maximum Gasteiger partial charge on any atom is 0.206 e. The summed E-state index contributed by atoms with van der Waals surface area (Å²) in [5.74, 6) is -1.30. The summed E-state index contributed by atoms with van der Waals surface area (Å²) in [7, 11) is 0. The number of aryl methyl sites for hydroxylation is 1. The van der Waals surface area contributed by atoms with Crippen LogP contribution in [-0.2, 0) is 0 Å². The van der Waals surface area contributed by atoms with Crippen LogP contribution >= 0.6 is 0 Å². The van der Waals surface area contributed by atoms with Crippen LogP contribution in [0, 0.1) is 18.7 Å². The molecule has 1 heterocycles. The Labute approximate surface area is 133 Å². The monoisotopic (exact) mass is 313 g/mol. The molecule has 0 atom stereocenters. The molecule has 0 fully saturated rings. The van der Waals surface area contributed by atoms with Crippen LogP contribution in [0.15, 0.2) is 47.3 Å². The molecule has 0 amide bonds. The van der Waals surface area contributed by atoms with Crippen LogP contribution in [0.1, 0.15) is 25.5 Å². The normalized spacial score (nSPS) is 11.4. The lowest BCUT2D eigenvalue weighted by Gasteiger charge is -2.19. The van der Waals surface area contributed by atoms with E-state index in [-0.39, 0.29) is 17.2 Å². The van der Waals surface area contributed by atoms with Crippen molar-refractivity contribution >= 4 is 10.9 Å². The number of rotatable bonds is 2. The van der Waals surface area contributed by atoms with Crippen LogP contribution in [0.2, 0.25) is 0 Å². The predicted molar refractivity (Wildman–Crippen MR) is 88.7 cm³/mol. The molecule has 3 aromatic rings. The fourth-order valence-corrected chi connectivity index (χ4v) is 2.90. The van der Waals surface area contributed by atoms with E-state index in [4.69, 9.17) is 0 Å². The maximum absolute atomic E-state index is 15.1. The number of halogens is 2. The van der Waals surface area contributed by atoms with E-state index in [0.717, 1.165) is 5.56 Å². The van der Waals surface area contributed by atoms with Gasteiger partial charge < -0.3 is 4.57 Å². The predicted octanol–water partition coefficient (Wildman–Crippen LogP) is 4.84. The molecule has 0 saturated heterocycles. The molecule has 118 valence electrons. The molecule has 0 aliphatic rings. The SMILES string of the molecule is Cc1ccc(F)c(-c2c(F)n(C(C)C)c3ccccc3c2=O)c1. The summed E-state index contributed by atoms with van der Waals surface area (Å²) in [5.41, 5.74) is 0.594. The van der Waals surface area contributed by atoms with E-state index in [2.05, 4.69) is 0 Å². The van der Waals surface area contributed by atoms with Crippen LogP contribution in [0.3, 0.4) is 0 Å². The minimum Gasteiger partial charge on any atom is -0.314 e.